The van der Waals surface area contributed by atoms with Crippen molar-refractivity contribution in [1.29, 1.82) is 0 Å². The van der Waals surface area contributed by atoms with E-state index in [9.17, 15) is 0 Å². The van der Waals surface area contributed by atoms with Crippen LogP contribution in [0.3, 0.4) is 0 Å². The summed E-state index contributed by atoms with van der Waals surface area (Å²) in [5.41, 5.74) is 1.76. The van der Waals surface area contributed by atoms with Gasteiger partial charge in [0, 0.05) is 18.7 Å². The molecule has 0 spiro atoms. The Morgan fingerprint density at radius 1 is 1.44 bits per heavy atom. The summed E-state index contributed by atoms with van der Waals surface area (Å²) in [6, 6.07) is 0.366. The van der Waals surface area contributed by atoms with E-state index in [1.807, 2.05) is 0 Å². The highest BCUT2D eigenvalue weighted by Gasteiger charge is 2.17. The molecule has 0 amide bonds. The molecule has 0 fully saturated rings. The van der Waals surface area contributed by atoms with Gasteiger partial charge in [0.1, 0.15) is 0 Å². The molecular formula is C12H18N4OS. The minimum absolute atomic E-state index is 0.366. The number of thiazole rings is 1. The predicted octanol–water partition coefficient (Wildman–Crippen LogP) is 2.37. The number of hydrogen-bond acceptors (Lipinski definition) is 6. The van der Waals surface area contributed by atoms with E-state index in [1.165, 1.54) is 11.3 Å². The SMILES string of the molecule is CCNC(Cc1nc(-c2cncs2)no1)C(C)C. The third-order valence-electron chi connectivity index (χ3n) is 2.79. The molecule has 0 radical (unpaired) electrons. The quantitative estimate of drug-likeness (QED) is 0.869. The van der Waals surface area contributed by atoms with Gasteiger partial charge in [-0.2, -0.15) is 4.98 Å². The zero-order chi connectivity index (χ0) is 13.0. The number of rotatable bonds is 6. The number of hydrogen-bond donors (Lipinski definition) is 1. The average molecular weight is 266 g/mol. The number of nitrogens with zero attached hydrogens (tertiary/aromatic N) is 3. The molecule has 6 heteroatoms. The summed E-state index contributed by atoms with van der Waals surface area (Å²) in [4.78, 5) is 9.36. The van der Waals surface area contributed by atoms with E-state index in [2.05, 4.69) is 41.2 Å². The van der Waals surface area contributed by atoms with Crippen molar-refractivity contribution >= 4 is 11.3 Å². The van der Waals surface area contributed by atoms with E-state index in [1.54, 1.807) is 11.7 Å². The highest BCUT2D eigenvalue weighted by Crippen LogP contribution is 2.20. The van der Waals surface area contributed by atoms with Crippen molar-refractivity contribution in [2.45, 2.75) is 33.2 Å². The first kappa shape index (κ1) is 13.2. The fourth-order valence-corrected chi connectivity index (χ4v) is 2.30. The summed E-state index contributed by atoms with van der Waals surface area (Å²) in [7, 11) is 0. The molecule has 2 rings (SSSR count). The molecule has 0 aromatic carbocycles. The van der Waals surface area contributed by atoms with Gasteiger partial charge in [0.05, 0.1) is 10.4 Å². The molecule has 1 N–H and O–H groups in total. The molecule has 2 aromatic rings. The maximum atomic E-state index is 5.29. The molecular weight excluding hydrogens is 248 g/mol. The lowest BCUT2D eigenvalue weighted by Gasteiger charge is -2.19. The van der Waals surface area contributed by atoms with Crippen LogP contribution in [0.1, 0.15) is 26.7 Å². The maximum absolute atomic E-state index is 5.29. The van der Waals surface area contributed by atoms with Gasteiger partial charge in [0.25, 0.3) is 0 Å². The zero-order valence-corrected chi connectivity index (χ0v) is 11.7. The normalized spacial score (nSPS) is 13.1. The first-order valence-electron chi connectivity index (χ1n) is 6.15. The van der Waals surface area contributed by atoms with Gasteiger partial charge in [-0.15, -0.1) is 11.3 Å². The Bertz CT molecular complexity index is 466. The van der Waals surface area contributed by atoms with Gasteiger partial charge >= 0.3 is 0 Å². The van der Waals surface area contributed by atoms with Crippen molar-refractivity contribution in [3.8, 4) is 10.7 Å². The molecule has 0 saturated heterocycles. The minimum Gasteiger partial charge on any atom is -0.339 e. The third-order valence-corrected chi connectivity index (χ3v) is 3.56. The smallest absolute Gasteiger partial charge is 0.228 e. The van der Waals surface area contributed by atoms with Crippen LogP contribution in [0.2, 0.25) is 0 Å². The van der Waals surface area contributed by atoms with Crippen LogP contribution < -0.4 is 5.32 Å². The fraction of sp³-hybridized carbons (Fsp3) is 0.583. The lowest BCUT2D eigenvalue weighted by atomic mass is 10.0. The Hall–Kier alpha value is -1.27. The second-order valence-corrected chi connectivity index (χ2v) is 5.38. The molecule has 0 aliphatic rings. The van der Waals surface area contributed by atoms with E-state index in [-0.39, 0.29) is 0 Å². The van der Waals surface area contributed by atoms with Crippen molar-refractivity contribution in [1.82, 2.24) is 20.4 Å². The highest BCUT2D eigenvalue weighted by atomic mass is 32.1. The number of aromatic nitrogens is 3. The second-order valence-electron chi connectivity index (χ2n) is 4.49. The summed E-state index contributed by atoms with van der Waals surface area (Å²) in [6.45, 7) is 7.42. The van der Waals surface area contributed by atoms with Gasteiger partial charge in [0.15, 0.2) is 0 Å². The van der Waals surface area contributed by atoms with Gasteiger partial charge in [-0.05, 0) is 12.5 Å². The summed E-state index contributed by atoms with van der Waals surface area (Å²) in [5.74, 6) is 1.84. The molecule has 2 aromatic heterocycles. The summed E-state index contributed by atoms with van der Waals surface area (Å²) >= 11 is 1.51. The molecule has 5 nitrogen and oxygen atoms in total. The van der Waals surface area contributed by atoms with Gasteiger partial charge < -0.3 is 9.84 Å². The standard InChI is InChI=1S/C12H18N4OS/c1-4-14-9(8(2)3)5-11-15-12(16-17-11)10-6-13-7-18-10/h6-9,14H,4-5H2,1-3H3. The van der Waals surface area contributed by atoms with Crippen molar-refractivity contribution < 1.29 is 4.52 Å². The minimum atomic E-state index is 0.366. The molecule has 0 aliphatic carbocycles. The van der Waals surface area contributed by atoms with Crippen LogP contribution in [0, 0.1) is 5.92 Å². The van der Waals surface area contributed by atoms with Gasteiger partial charge in [0.2, 0.25) is 11.7 Å². The van der Waals surface area contributed by atoms with Crippen molar-refractivity contribution in [2.24, 2.45) is 5.92 Å². The largest absolute Gasteiger partial charge is 0.339 e. The lowest BCUT2D eigenvalue weighted by Crippen LogP contribution is -2.35. The molecule has 0 aliphatic heterocycles. The summed E-state index contributed by atoms with van der Waals surface area (Å²) in [6.07, 6.45) is 2.51. The molecule has 1 atom stereocenters. The molecule has 0 saturated carbocycles. The monoisotopic (exact) mass is 266 g/mol. The first-order valence-corrected chi connectivity index (χ1v) is 7.03. The van der Waals surface area contributed by atoms with E-state index in [4.69, 9.17) is 4.52 Å². The zero-order valence-electron chi connectivity index (χ0n) is 10.9. The van der Waals surface area contributed by atoms with E-state index >= 15 is 0 Å². The highest BCUT2D eigenvalue weighted by molar-refractivity contribution is 7.13. The van der Waals surface area contributed by atoms with Gasteiger partial charge in [-0.3, -0.25) is 4.98 Å². The lowest BCUT2D eigenvalue weighted by molar-refractivity contribution is 0.329. The van der Waals surface area contributed by atoms with E-state index < -0.39 is 0 Å². The van der Waals surface area contributed by atoms with E-state index in [0.717, 1.165) is 17.8 Å². The Morgan fingerprint density at radius 3 is 2.89 bits per heavy atom. The maximum Gasteiger partial charge on any atom is 0.228 e. The Balaban J connectivity index is 2.06. The number of nitrogens with one attached hydrogen (secondary N) is 1. The van der Waals surface area contributed by atoms with Crippen molar-refractivity contribution in [3.05, 3.63) is 17.6 Å². The average Bonchev–Trinajstić information content (AvgIpc) is 2.98. The van der Waals surface area contributed by atoms with Crippen LogP contribution in [-0.2, 0) is 6.42 Å². The molecule has 0 bridgehead atoms. The molecule has 98 valence electrons. The van der Waals surface area contributed by atoms with Crippen LogP contribution in [0.15, 0.2) is 16.2 Å². The Kier molecular flexibility index (Phi) is 4.43. The summed E-state index contributed by atoms with van der Waals surface area (Å²) < 4.78 is 5.29. The second kappa shape index (κ2) is 6.06. The van der Waals surface area contributed by atoms with Gasteiger partial charge in [-0.1, -0.05) is 25.9 Å². The summed E-state index contributed by atoms with van der Waals surface area (Å²) in [5, 5.41) is 7.42. The Morgan fingerprint density at radius 2 is 2.28 bits per heavy atom. The predicted molar refractivity (Wildman–Crippen MR) is 71.4 cm³/mol. The molecule has 1 unspecified atom stereocenters. The van der Waals surface area contributed by atoms with Crippen LogP contribution in [0.25, 0.3) is 10.7 Å². The van der Waals surface area contributed by atoms with E-state index in [0.29, 0.717) is 23.7 Å². The van der Waals surface area contributed by atoms with Crippen molar-refractivity contribution in [3.63, 3.8) is 0 Å². The molecule has 2 heterocycles. The van der Waals surface area contributed by atoms with Crippen molar-refractivity contribution in [2.75, 3.05) is 6.54 Å². The van der Waals surface area contributed by atoms with Crippen LogP contribution >= 0.6 is 11.3 Å². The molecule has 18 heavy (non-hydrogen) atoms. The fourth-order valence-electron chi connectivity index (χ4n) is 1.76. The number of likely N-dealkylation sites (N-methyl/N-ethyl adjacent to an activating group) is 1. The van der Waals surface area contributed by atoms with Gasteiger partial charge in [-0.25, -0.2) is 0 Å². The first-order chi connectivity index (χ1) is 8.70. The Labute approximate surface area is 111 Å². The topological polar surface area (TPSA) is 63.8 Å². The third kappa shape index (κ3) is 3.14. The van der Waals surface area contributed by atoms with Crippen LogP contribution in [-0.4, -0.2) is 27.7 Å². The van der Waals surface area contributed by atoms with Crippen LogP contribution in [0.5, 0.6) is 0 Å². The van der Waals surface area contributed by atoms with Crippen LogP contribution in [0.4, 0.5) is 0 Å².